The van der Waals surface area contributed by atoms with Crippen LogP contribution in [0.25, 0.3) is 22.2 Å². The summed E-state index contributed by atoms with van der Waals surface area (Å²) in [6.45, 7) is 1.96. The van der Waals surface area contributed by atoms with Crippen molar-refractivity contribution in [3.8, 4) is 11.1 Å². The van der Waals surface area contributed by atoms with Gasteiger partial charge in [-0.15, -0.1) is 0 Å². The third-order valence-corrected chi connectivity index (χ3v) is 4.95. The molecule has 2 heterocycles. The van der Waals surface area contributed by atoms with E-state index in [1.165, 1.54) is 18.2 Å². The molecule has 0 unspecified atom stereocenters. The standard InChI is InChI=1S/C22H17ClFN5O/c1-12-6-7-15(28-21(30)16-4-3-5-18(23)19(16)24)9-17(12)13-8-14-11-27-22(25-2)29-20(14)26-10-13/h3-11H,1-2H3,(H,28,30)(H,25,26,27,29). The van der Waals surface area contributed by atoms with Crippen LogP contribution in [0.5, 0.6) is 0 Å². The van der Waals surface area contributed by atoms with Gasteiger partial charge in [-0.1, -0.05) is 23.7 Å². The summed E-state index contributed by atoms with van der Waals surface area (Å²) in [4.78, 5) is 25.5. The van der Waals surface area contributed by atoms with Gasteiger partial charge >= 0.3 is 0 Å². The highest BCUT2D eigenvalue weighted by Gasteiger charge is 2.15. The maximum Gasteiger partial charge on any atom is 0.258 e. The van der Waals surface area contributed by atoms with E-state index < -0.39 is 11.7 Å². The van der Waals surface area contributed by atoms with Crippen molar-refractivity contribution in [1.29, 1.82) is 0 Å². The molecule has 0 radical (unpaired) electrons. The Bertz CT molecular complexity index is 1280. The normalized spacial score (nSPS) is 10.8. The Balaban J connectivity index is 1.67. The van der Waals surface area contributed by atoms with E-state index in [1.54, 1.807) is 25.5 Å². The van der Waals surface area contributed by atoms with Gasteiger partial charge in [0.15, 0.2) is 11.5 Å². The van der Waals surface area contributed by atoms with Gasteiger partial charge in [-0.2, -0.15) is 4.98 Å². The van der Waals surface area contributed by atoms with Gasteiger partial charge in [0.2, 0.25) is 5.95 Å². The predicted molar refractivity (Wildman–Crippen MR) is 116 cm³/mol. The van der Waals surface area contributed by atoms with Crippen LogP contribution in [0.1, 0.15) is 15.9 Å². The van der Waals surface area contributed by atoms with Gasteiger partial charge in [-0.05, 0) is 48.4 Å². The molecule has 0 spiro atoms. The number of aromatic nitrogens is 3. The van der Waals surface area contributed by atoms with Crippen molar-refractivity contribution >= 4 is 40.2 Å². The highest BCUT2D eigenvalue weighted by Crippen LogP contribution is 2.28. The molecule has 1 amide bonds. The summed E-state index contributed by atoms with van der Waals surface area (Å²) in [6, 6.07) is 11.7. The number of carbonyl (C=O) groups excluding carboxylic acids is 1. The molecule has 150 valence electrons. The molecule has 0 fully saturated rings. The fourth-order valence-corrected chi connectivity index (χ4v) is 3.25. The van der Waals surface area contributed by atoms with Gasteiger partial charge in [0.1, 0.15) is 0 Å². The number of fused-ring (bicyclic) bond motifs is 1. The molecule has 2 N–H and O–H groups in total. The average Bonchev–Trinajstić information content (AvgIpc) is 2.76. The molecule has 0 bridgehead atoms. The van der Waals surface area contributed by atoms with E-state index in [0.717, 1.165) is 22.1 Å². The molecule has 4 rings (SSSR count). The number of halogens is 2. The Hall–Kier alpha value is -3.58. The molecule has 2 aromatic heterocycles. The van der Waals surface area contributed by atoms with Gasteiger partial charge < -0.3 is 10.6 Å². The number of anilines is 2. The van der Waals surface area contributed by atoms with E-state index in [-0.39, 0.29) is 10.6 Å². The zero-order valence-electron chi connectivity index (χ0n) is 16.2. The van der Waals surface area contributed by atoms with E-state index in [1.807, 2.05) is 25.1 Å². The van der Waals surface area contributed by atoms with E-state index in [9.17, 15) is 9.18 Å². The van der Waals surface area contributed by atoms with Gasteiger partial charge in [0.05, 0.1) is 10.6 Å². The Kier molecular flexibility index (Phi) is 5.29. The number of hydrogen-bond donors (Lipinski definition) is 2. The zero-order chi connectivity index (χ0) is 21.3. The van der Waals surface area contributed by atoms with Crippen LogP contribution in [-0.2, 0) is 0 Å². The molecule has 0 aliphatic heterocycles. The summed E-state index contributed by atoms with van der Waals surface area (Å²) in [5.41, 5.74) is 3.72. The Morgan fingerprint density at radius 3 is 2.73 bits per heavy atom. The molecule has 6 nitrogen and oxygen atoms in total. The van der Waals surface area contributed by atoms with E-state index in [4.69, 9.17) is 11.6 Å². The maximum absolute atomic E-state index is 14.1. The van der Waals surface area contributed by atoms with Crippen LogP contribution in [0.2, 0.25) is 5.02 Å². The number of nitrogens with zero attached hydrogens (tertiary/aromatic N) is 3. The molecule has 0 aliphatic rings. The first-order valence-electron chi connectivity index (χ1n) is 9.13. The SMILES string of the molecule is CNc1ncc2cc(-c3cc(NC(=O)c4cccc(Cl)c4F)ccc3C)cnc2n1. The summed E-state index contributed by atoms with van der Waals surface area (Å²) in [6.07, 6.45) is 3.42. The van der Waals surface area contributed by atoms with Crippen molar-refractivity contribution in [2.45, 2.75) is 6.92 Å². The summed E-state index contributed by atoms with van der Waals surface area (Å²) in [7, 11) is 1.74. The van der Waals surface area contributed by atoms with Gasteiger partial charge in [-0.3, -0.25) is 4.79 Å². The zero-order valence-corrected chi connectivity index (χ0v) is 17.0. The van der Waals surface area contributed by atoms with E-state index in [0.29, 0.717) is 17.3 Å². The van der Waals surface area contributed by atoms with Crippen LogP contribution < -0.4 is 10.6 Å². The van der Waals surface area contributed by atoms with Crippen molar-refractivity contribution in [3.63, 3.8) is 0 Å². The first kappa shape index (κ1) is 19.7. The lowest BCUT2D eigenvalue weighted by atomic mass is 10.0. The molecule has 2 aromatic carbocycles. The van der Waals surface area contributed by atoms with Crippen LogP contribution in [0.4, 0.5) is 16.0 Å². The molecule has 0 aliphatic carbocycles. The van der Waals surface area contributed by atoms with Crippen LogP contribution in [0, 0.1) is 12.7 Å². The summed E-state index contributed by atoms with van der Waals surface area (Å²) >= 11 is 5.78. The Morgan fingerprint density at radius 2 is 1.93 bits per heavy atom. The molecule has 8 heteroatoms. The number of hydrogen-bond acceptors (Lipinski definition) is 5. The largest absolute Gasteiger partial charge is 0.357 e. The van der Waals surface area contributed by atoms with E-state index in [2.05, 4.69) is 25.6 Å². The van der Waals surface area contributed by atoms with Gasteiger partial charge in [-0.25, -0.2) is 14.4 Å². The minimum atomic E-state index is -0.747. The highest BCUT2D eigenvalue weighted by atomic mass is 35.5. The monoisotopic (exact) mass is 421 g/mol. The minimum Gasteiger partial charge on any atom is -0.357 e. The lowest BCUT2D eigenvalue weighted by Crippen LogP contribution is -2.14. The fourth-order valence-electron chi connectivity index (χ4n) is 3.08. The third kappa shape index (κ3) is 3.79. The number of rotatable bonds is 4. The highest BCUT2D eigenvalue weighted by molar-refractivity contribution is 6.31. The average molecular weight is 422 g/mol. The fraction of sp³-hybridized carbons (Fsp3) is 0.0909. The molecular weight excluding hydrogens is 405 g/mol. The molecular formula is C22H17ClFN5O. The second-order valence-electron chi connectivity index (χ2n) is 6.67. The summed E-state index contributed by atoms with van der Waals surface area (Å²) in [5.74, 6) is -0.824. The molecule has 4 aromatic rings. The maximum atomic E-state index is 14.1. The van der Waals surface area contributed by atoms with Crippen LogP contribution in [0.3, 0.4) is 0 Å². The minimum absolute atomic E-state index is 0.0990. The van der Waals surface area contributed by atoms with Gasteiger partial charge in [0, 0.05) is 36.1 Å². The van der Waals surface area contributed by atoms with Crippen molar-refractivity contribution in [3.05, 3.63) is 76.8 Å². The smallest absolute Gasteiger partial charge is 0.258 e. The third-order valence-electron chi connectivity index (χ3n) is 4.66. The lowest BCUT2D eigenvalue weighted by molar-refractivity contribution is 0.102. The molecule has 0 saturated heterocycles. The van der Waals surface area contributed by atoms with Crippen LogP contribution >= 0.6 is 11.6 Å². The number of pyridine rings is 1. The first-order chi connectivity index (χ1) is 14.5. The number of benzene rings is 2. The van der Waals surface area contributed by atoms with Crippen molar-refractivity contribution in [1.82, 2.24) is 15.0 Å². The van der Waals surface area contributed by atoms with Crippen molar-refractivity contribution in [2.24, 2.45) is 0 Å². The van der Waals surface area contributed by atoms with Gasteiger partial charge in [0.25, 0.3) is 5.91 Å². The lowest BCUT2D eigenvalue weighted by Gasteiger charge is -2.12. The summed E-state index contributed by atoms with van der Waals surface area (Å²) < 4.78 is 14.1. The Morgan fingerprint density at radius 1 is 1.10 bits per heavy atom. The molecule has 0 saturated carbocycles. The van der Waals surface area contributed by atoms with Crippen molar-refractivity contribution < 1.29 is 9.18 Å². The second-order valence-corrected chi connectivity index (χ2v) is 7.07. The topological polar surface area (TPSA) is 79.8 Å². The number of nitrogens with one attached hydrogen (secondary N) is 2. The van der Waals surface area contributed by atoms with Crippen LogP contribution in [-0.4, -0.2) is 27.9 Å². The number of aryl methyl sites for hydroxylation is 1. The van der Waals surface area contributed by atoms with E-state index >= 15 is 0 Å². The van der Waals surface area contributed by atoms with Crippen molar-refractivity contribution in [2.75, 3.05) is 17.7 Å². The summed E-state index contributed by atoms with van der Waals surface area (Å²) in [5, 5.41) is 6.30. The predicted octanol–water partition coefficient (Wildman–Crippen LogP) is 5.09. The second kappa shape index (κ2) is 8.04. The van der Waals surface area contributed by atoms with Crippen LogP contribution in [0.15, 0.2) is 54.9 Å². The Labute approximate surface area is 177 Å². The molecule has 0 atom stereocenters. The number of amides is 1. The number of carbonyl (C=O) groups is 1. The molecule has 30 heavy (non-hydrogen) atoms. The quantitative estimate of drug-likeness (QED) is 0.480. The first-order valence-corrected chi connectivity index (χ1v) is 9.51.